The highest BCUT2D eigenvalue weighted by Crippen LogP contribution is 2.18. The zero-order valence-electron chi connectivity index (χ0n) is 12.6. The lowest BCUT2D eigenvalue weighted by molar-refractivity contribution is -0.150. The highest BCUT2D eigenvalue weighted by molar-refractivity contribution is 7.86. The Labute approximate surface area is 137 Å². The van der Waals surface area contributed by atoms with Gasteiger partial charge in [-0.2, -0.15) is 8.42 Å². The number of carbonyl (C=O) groups is 3. The van der Waals surface area contributed by atoms with Crippen molar-refractivity contribution >= 4 is 28.0 Å². The third-order valence-corrected chi connectivity index (χ3v) is 2.86. The summed E-state index contributed by atoms with van der Waals surface area (Å²) in [6.45, 7) is 4.18. The Bertz CT molecular complexity index is 747. The highest BCUT2D eigenvalue weighted by Gasteiger charge is 2.15. The fourth-order valence-electron chi connectivity index (χ4n) is 1.29. The van der Waals surface area contributed by atoms with E-state index in [4.69, 9.17) is 9.29 Å². The summed E-state index contributed by atoms with van der Waals surface area (Å²) in [4.78, 5) is 33.7. The molecule has 130 valence electrons. The van der Waals surface area contributed by atoms with E-state index in [1.807, 2.05) is 0 Å². The van der Waals surface area contributed by atoms with E-state index in [-0.39, 0.29) is 17.1 Å². The van der Waals surface area contributed by atoms with Gasteiger partial charge in [0.25, 0.3) is 10.1 Å². The molecule has 0 unspecified atom stereocenters. The van der Waals surface area contributed by atoms with E-state index in [1.165, 1.54) is 31.2 Å². The van der Waals surface area contributed by atoms with E-state index in [9.17, 15) is 22.8 Å². The standard InChI is InChI=1S/C14H14O9S/c1-9(2)14(17)21-7-12(15)22-10-3-5-11(6-4-10)23-13(16)8-24(18,19)20/h3-6H,1,7-8H2,2H3,(H,18,19,20). The second kappa shape index (κ2) is 8.22. The molecule has 9 nitrogen and oxygen atoms in total. The first kappa shape index (κ1) is 19.3. The fourth-order valence-corrected chi connectivity index (χ4v) is 1.65. The van der Waals surface area contributed by atoms with Crippen molar-refractivity contribution in [1.29, 1.82) is 0 Å². The van der Waals surface area contributed by atoms with Gasteiger partial charge >= 0.3 is 17.9 Å². The molecule has 0 atom stereocenters. The van der Waals surface area contributed by atoms with Crippen molar-refractivity contribution in [2.45, 2.75) is 6.92 Å². The predicted octanol–water partition coefficient (Wildman–Crippen LogP) is 0.504. The van der Waals surface area contributed by atoms with Crippen LogP contribution in [0.15, 0.2) is 36.4 Å². The highest BCUT2D eigenvalue weighted by atomic mass is 32.2. The number of esters is 3. The Kier molecular flexibility index (Phi) is 6.62. The molecule has 0 heterocycles. The molecular weight excluding hydrogens is 344 g/mol. The average Bonchev–Trinajstić information content (AvgIpc) is 2.44. The number of hydrogen-bond donors (Lipinski definition) is 1. The first-order valence-electron chi connectivity index (χ1n) is 6.36. The van der Waals surface area contributed by atoms with Crippen molar-refractivity contribution in [1.82, 2.24) is 0 Å². The van der Waals surface area contributed by atoms with E-state index in [1.54, 1.807) is 0 Å². The maximum atomic E-state index is 11.4. The number of rotatable bonds is 7. The molecule has 0 saturated heterocycles. The zero-order valence-corrected chi connectivity index (χ0v) is 13.4. The van der Waals surface area contributed by atoms with E-state index in [2.05, 4.69) is 16.1 Å². The Hall–Kier alpha value is -2.72. The lowest BCUT2D eigenvalue weighted by Gasteiger charge is -2.07. The van der Waals surface area contributed by atoms with Gasteiger partial charge in [0, 0.05) is 5.57 Å². The van der Waals surface area contributed by atoms with Crippen LogP contribution in [0.3, 0.4) is 0 Å². The van der Waals surface area contributed by atoms with Crippen LogP contribution in [0.1, 0.15) is 6.92 Å². The predicted molar refractivity (Wildman–Crippen MR) is 79.9 cm³/mol. The van der Waals surface area contributed by atoms with Gasteiger partial charge in [-0.1, -0.05) is 6.58 Å². The topological polar surface area (TPSA) is 133 Å². The first-order valence-corrected chi connectivity index (χ1v) is 7.97. The van der Waals surface area contributed by atoms with Gasteiger partial charge in [-0.05, 0) is 31.2 Å². The molecule has 1 aromatic carbocycles. The quantitative estimate of drug-likeness (QED) is 0.320. The van der Waals surface area contributed by atoms with Crippen LogP contribution in [0.4, 0.5) is 0 Å². The largest absolute Gasteiger partial charge is 0.450 e. The van der Waals surface area contributed by atoms with Crippen molar-refractivity contribution in [2.24, 2.45) is 0 Å². The Balaban J connectivity index is 2.52. The van der Waals surface area contributed by atoms with Gasteiger partial charge in [-0.15, -0.1) is 0 Å². The summed E-state index contributed by atoms with van der Waals surface area (Å²) in [7, 11) is -4.48. The van der Waals surface area contributed by atoms with Crippen molar-refractivity contribution in [3.05, 3.63) is 36.4 Å². The van der Waals surface area contributed by atoms with Crippen molar-refractivity contribution in [3.63, 3.8) is 0 Å². The Morgan fingerprint density at radius 3 is 1.92 bits per heavy atom. The van der Waals surface area contributed by atoms with Crippen LogP contribution in [-0.2, 0) is 29.2 Å². The van der Waals surface area contributed by atoms with Crippen LogP contribution in [0.5, 0.6) is 11.5 Å². The van der Waals surface area contributed by atoms with Crippen molar-refractivity contribution < 1.29 is 41.6 Å². The second-order valence-electron chi connectivity index (χ2n) is 4.50. The molecule has 0 aliphatic rings. The molecule has 0 saturated carbocycles. The summed E-state index contributed by atoms with van der Waals surface area (Å²) >= 11 is 0. The minimum Gasteiger partial charge on any atom is -0.450 e. The summed E-state index contributed by atoms with van der Waals surface area (Å²) in [5, 5.41) is 0. The summed E-state index contributed by atoms with van der Waals surface area (Å²) in [5.41, 5.74) is 0.138. The van der Waals surface area contributed by atoms with Gasteiger partial charge in [0.15, 0.2) is 12.4 Å². The maximum Gasteiger partial charge on any atom is 0.349 e. The molecule has 0 fully saturated rings. The van der Waals surface area contributed by atoms with E-state index in [0.717, 1.165) is 0 Å². The molecule has 0 amide bonds. The van der Waals surface area contributed by atoms with E-state index < -0.39 is 40.4 Å². The number of carbonyl (C=O) groups excluding carboxylic acids is 3. The molecule has 0 spiro atoms. The first-order chi connectivity index (χ1) is 11.1. The van der Waals surface area contributed by atoms with Crippen LogP contribution < -0.4 is 9.47 Å². The molecule has 0 aliphatic carbocycles. The number of benzene rings is 1. The van der Waals surface area contributed by atoms with Gasteiger partial charge in [0.2, 0.25) is 0 Å². The van der Waals surface area contributed by atoms with Crippen LogP contribution in [0, 0.1) is 0 Å². The molecule has 1 aromatic rings. The van der Waals surface area contributed by atoms with E-state index in [0.29, 0.717) is 0 Å². The van der Waals surface area contributed by atoms with Crippen LogP contribution >= 0.6 is 0 Å². The fraction of sp³-hybridized carbons (Fsp3) is 0.214. The van der Waals surface area contributed by atoms with Gasteiger partial charge < -0.3 is 14.2 Å². The zero-order chi connectivity index (χ0) is 18.3. The molecule has 1 N–H and O–H groups in total. The lowest BCUT2D eigenvalue weighted by Crippen LogP contribution is -2.20. The van der Waals surface area contributed by atoms with Crippen LogP contribution in [0.2, 0.25) is 0 Å². The molecule has 0 aromatic heterocycles. The summed E-state index contributed by atoms with van der Waals surface area (Å²) in [6.07, 6.45) is 0. The van der Waals surface area contributed by atoms with Crippen LogP contribution in [0.25, 0.3) is 0 Å². The van der Waals surface area contributed by atoms with Crippen LogP contribution in [-0.4, -0.2) is 43.2 Å². The SMILES string of the molecule is C=C(C)C(=O)OCC(=O)Oc1ccc(OC(=O)CS(=O)(=O)O)cc1. The number of ether oxygens (including phenoxy) is 3. The smallest absolute Gasteiger partial charge is 0.349 e. The lowest BCUT2D eigenvalue weighted by atomic mass is 10.3. The molecule has 0 radical (unpaired) electrons. The van der Waals surface area contributed by atoms with Gasteiger partial charge in [0.1, 0.15) is 11.5 Å². The second-order valence-corrected chi connectivity index (χ2v) is 5.95. The number of hydrogen-bond acceptors (Lipinski definition) is 8. The minimum atomic E-state index is -4.48. The maximum absolute atomic E-state index is 11.4. The van der Waals surface area contributed by atoms with E-state index >= 15 is 0 Å². The Morgan fingerprint density at radius 1 is 1.04 bits per heavy atom. The summed E-state index contributed by atoms with van der Waals surface area (Å²) in [6, 6.07) is 5.03. The van der Waals surface area contributed by atoms with Crippen molar-refractivity contribution in [2.75, 3.05) is 12.4 Å². The van der Waals surface area contributed by atoms with Gasteiger partial charge in [-0.3, -0.25) is 9.35 Å². The molecule has 1 rings (SSSR count). The molecule has 24 heavy (non-hydrogen) atoms. The molecule has 0 bridgehead atoms. The molecular formula is C14H14O9S. The normalized spacial score (nSPS) is 10.6. The monoisotopic (exact) mass is 358 g/mol. The van der Waals surface area contributed by atoms with Crippen molar-refractivity contribution in [3.8, 4) is 11.5 Å². The summed E-state index contributed by atoms with van der Waals surface area (Å²) < 4.78 is 43.7. The molecule has 10 heteroatoms. The minimum absolute atomic E-state index is 0.0165. The third-order valence-electron chi connectivity index (χ3n) is 2.26. The third kappa shape index (κ3) is 7.51. The summed E-state index contributed by atoms with van der Waals surface area (Å²) in [5.74, 6) is -3.85. The molecule has 0 aliphatic heterocycles. The average molecular weight is 358 g/mol. The van der Waals surface area contributed by atoms with Gasteiger partial charge in [-0.25, -0.2) is 9.59 Å². The Morgan fingerprint density at radius 2 is 1.50 bits per heavy atom. The van der Waals surface area contributed by atoms with Gasteiger partial charge in [0.05, 0.1) is 0 Å².